The summed E-state index contributed by atoms with van der Waals surface area (Å²) in [4.78, 5) is 24.9. The summed E-state index contributed by atoms with van der Waals surface area (Å²) in [5.41, 5.74) is 1.75. The smallest absolute Gasteiger partial charge is 0.305 e. The van der Waals surface area contributed by atoms with Gasteiger partial charge in [-0.25, -0.2) is 0 Å². The predicted octanol–water partition coefficient (Wildman–Crippen LogP) is 5.94. The number of hydrogen-bond donors (Lipinski definition) is 2. The van der Waals surface area contributed by atoms with Crippen molar-refractivity contribution in [2.45, 2.75) is 90.6 Å². The Morgan fingerprint density at radius 2 is 1.76 bits per heavy atom. The molecule has 2 N–H and O–H groups in total. The third-order valence-electron chi connectivity index (χ3n) is 7.69. The number of carboxylic acid groups (broad SMARTS) is 1. The number of carboxylic acids is 1. The fraction of sp³-hybridized carbons (Fsp3) is 0.621. The molecule has 1 fully saturated rings. The monoisotopic (exact) mass is 513 g/mol. The van der Waals surface area contributed by atoms with Gasteiger partial charge in [0.2, 0.25) is 0 Å². The first-order chi connectivity index (χ1) is 17.9. The maximum atomic E-state index is 13.4. The highest BCUT2D eigenvalue weighted by molar-refractivity contribution is 5.94. The second-order valence-electron chi connectivity index (χ2n) is 10.2. The van der Waals surface area contributed by atoms with Gasteiger partial charge >= 0.3 is 5.97 Å². The molecule has 3 rings (SSSR count). The number of nitrogens with one attached hydrogen (secondary N) is 1. The molecule has 1 aliphatic rings. The second-order valence-corrected chi connectivity index (χ2v) is 10.2. The van der Waals surface area contributed by atoms with E-state index in [4.69, 9.17) is 14.6 Å². The highest BCUT2D eigenvalue weighted by Crippen LogP contribution is 2.39. The molecule has 0 spiro atoms. The van der Waals surface area contributed by atoms with E-state index >= 15 is 0 Å². The van der Waals surface area contributed by atoms with Gasteiger partial charge in [0.15, 0.2) is 5.69 Å². The van der Waals surface area contributed by atoms with Crippen LogP contribution < -0.4 is 14.8 Å². The molecule has 0 unspecified atom stereocenters. The molecule has 0 saturated heterocycles. The van der Waals surface area contributed by atoms with Gasteiger partial charge in [-0.05, 0) is 42.9 Å². The average Bonchev–Trinajstić information content (AvgIpc) is 3.33. The van der Waals surface area contributed by atoms with Crippen molar-refractivity contribution < 1.29 is 24.2 Å². The van der Waals surface area contributed by atoms with E-state index in [-0.39, 0.29) is 18.0 Å². The minimum atomic E-state index is -0.910. The first-order valence-electron chi connectivity index (χ1n) is 13.7. The first-order valence-corrected chi connectivity index (χ1v) is 13.7. The Kier molecular flexibility index (Phi) is 10.8. The molecule has 0 aliphatic heterocycles. The number of nitrogens with zero attached hydrogens (tertiary/aromatic N) is 2. The molecular weight excluding hydrogens is 470 g/mol. The number of aliphatic carboxylic acids is 1. The lowest BCUT2D eigenvalue weighted by Crippen LogP contribution is -2.37. The topological polar surface area (TPSA) is 103 Å². The van der Waals surface area contributed by atoms with Crippen molar-refractivity contribution in [2.24, 2.45) is 11.8 Å². The number of methoxy groups -OCH3 is 2. The molecule has 2 aromatic rings. The lowest BCUT2D eigenvalue weighted by molar-refractivity contribution is -0.137. The van der Waals surface area contributed by atoms with Crippen LogP contribution in [-0.2, 0) is 11.3 Å². The van der Waals surface area contributed by atoms with Crippen LogP contribution in [0.25, 0.3) is 11.3 Å². The predicted molar refractivity (Wildman–Crippen MR) is 144 cm³/mol. The van der Waals surface area contributed by atoms with E-state index in [1.165, 1.54) is 32.1 Å². The van der Waals surface area contributed by atoms with E-state index in [9.17, 15) is 14.7 Å². The number of carbonyl (C=O) groups excluding carboxylic acids is 1. The van der Waals surface area contributed by atoms with Gasteiger partial charge in [0.1, 0.15) is 11.5 Å². The van der Waals surface area contributed by atoms with Crippen molar-refractivity contribution >= 4 is 11.9 Å². The van der Waals surface area contributed by atoms with E-state index in [2.05, 4.69) is 19.2 Å². The summed E-state index contributed by atoms with van der Waals surface area (Å²) in [6.45, 7) is 4.95. The summed E-state index contributed by atoms with van der Waals surface area (Å²) < 4.78 is 13.1. The van der Waals surface area contributed by atoms with E-state index in [1.54, 1.807) is 20.3 Å². The lowest BCUT2D eigenvalue weighted by Gasteiger charge is -2.24. The minimum Gasteiger partial charge on any atom is -0.496 e. The molecule has 1 aliphatic carbocycles. The summed E-state index contributed by atoms with van der Waals surface area (Å²) >= 11 is 0. The van der Waals surface area contributed by atoms with Gasteiger partial charge in [0.05, 0.1) is 31.9 Å². The number of hydrogen-bond acceptors (Lipinski definition) is 5. The molecule has 1 saturated carbocycles. The van der Waals surface area contributed by atoms with Crippen molar-refractivity contribution in [3.8, 4) is 22.8 Å². The van der Waals surface area contributed by atoms with Crippen LogP contribution in [0, 0.1) is 11.8 Å². The van der Waals surface area contributed by atoms with E-state index < -0.39 is 12.0 Å². The maximum Gasteiger partial charge on any atom is 0.305 e. The quantitative estimate of drug-likeness (QED) is 0.324. The Morgan fingerprint density at radius 3 is 2.32 bits per heavy atom. The van der Waals surface area contributed by atoms with E-state index in [0.29, 0.717) is 36.3 Å². The van der Waals surface area contributed by atoms with Gasteiger partial charge in [0, 0.05) is 12.6 Å². The molecule has 1 aromatic carbocycles. The van der Waals surface area contributed by atoms with Crippen LogP contribution in [0.15, 0.2) is 24.3 Å². The second kappa shape index (κ2) is 14.1. The molecule has 204 valence electrons. The highest BCUT2D eigenvalue weighted by Gasteiger charge is 2.25. The number of amides is 1. The molecule has 0 radical (unpaired) electrons. The number of ether oxygens (including phenoxy) is 2. The molecule has 0 bridgehead atoms. The number of benzene rings is 1. The van der Waals surface area contributed by atoms with E-state index in [0.717, 1.165) is 30.5 Å². The van der Waals surface area contributed by atoms with Crippen LogP contribution in [-0.4, -0.2) is 47.0 Å². The largest absolute Gasteiger partial charge is 0.496 e. The minimum absolute atomic E-state index is 0.0971. The van der Waals surface area contributed by atoms with Crippen LogP contribution in [0.4, 0.5) is 0 Å². The molecule has 8 nitrogen and oxygen atoms in total. The SMILES string of the molecule is CCC(CC)Cn1nc(C(=O)N[C@@H](CCC2CCCCC2)CC(=O)O)cc1-c1c(OC)cccc1OC. The van der Waals surface area contributed by atoms with Gasteiger partial charge in [-0.15, -0.1) is 0 Å². The Balaban J connectivity index is 1.89. The Bertz CT molecular complexity index is 1000. The summed E-state index contributed by atoms with van der Waals surface area (Å²) in [7, 11) is 3.21. The van der Waals surface area contributed by atoms with Crippen LogP contribution in [0.5, 0.6) is 11.5 Å². The third-order valence-corrected chi connectivity index (χ3v) is 7.69. The third kappa shape index (κ3) is 7.73. The van der Waals surface area contributed by atoms with Crippen molar-refractivity contribution in [2.75, 3.05) is 14.2 Å². The summed E-state index contributed by atoms with van der Waals surface area (Å²) in [5.74, 6) is 1.01. The standard InChI is InChI=1S/C29H43N3O5/c1-5-20(6-2)19-32-24(28-25(36-3)13-10-14-26(28)37-4)18-23(31-32)29(35)30-22(17-27(33)34)16-15-21-11-8-7-9-12-21/h10,13-14,18,20-22H,5-9,11-12,15-17,19H2,1-4H3,(H,30,35)(H,33,34)/t22-/m0/s1. The number of carbonyl (C=O) groups is 2. The van der Waals surface area contributed by atoms with Crippen molar-refractivity contribution in [1.29, 1.82) is 0 Å². The zero-order chi connectivity index (χ0) is 26.8. The Labute approximate surface area is 220 Å². The fourth-order valence-electron chi connectivity index (χ4n) is 5.37. The summed E-state index contributed by atoms with van der Waals surface area (Å²) in [5, 5.41) is 17.1. The molecule has 1 atom stereocenters. The molecule has 1 aromatic heterocycles. The van der Waals surface area contributed by atoms with Crippen molar-refractivity contribution in [3.05, 3.63) is 30.0 Å². The maximum absolute atomic E-state index is 13.4. The molecule has 8 heteroatoms. The van der Waals surface area contributed by atoms with Crippen LogP contribution in [0.1, 0.15) is 88.5 Å². The highest BCUT2D eigenvalue weighted by atomic mass is 16.5. The number of rotatable bonds is 14. The Morgan fingerprint density at radius 1 is 1.11 bits per heavy atom. The summed E-state index contributed by atoms with van der Waals surface area (Å²) in [6, 6.07) is 6.91. The average molecular weight is 514 g/mol. The van der Waals surface area contributed by atoms with Crippen LogP contribution in [0.3, 0.4) is 0 Å². The molecule has 1 amide bonds. The Hall–Kier alpha value is -3.03. The first kappa shape index (κ1) is 28.5. The van der Waals surface area contributed by atoms with E-state index in [1.807, 2.05) is 22.9 Å². The van der Waals surface area contributed by atoms with Crippen molar-refractivity contribution in [1.82, 2.24) is 15.1 Å². The fourth-order valence-corrected chi connectivity index (χ4v) is 5.37. The van der Waals surface area contributed by atoms with Gasteiger partial charge in [-0.3, -0.25) is 14.3 Å². The summed E-state index contributed by atoms with van der Waals surface area (Å²) in [6.07, 6.45) is 9.62. The number of aromatic nitrogens is 2. The van der Waals surface area contributed by atoms with Gasteiger partial charge < -0.3 is 19.9 Å². The molecule has 1 heterocycles. The lowest BCUT2D eigenvalue weighted by atomic mass is 9.85. The van der Waals surface area contributed by atoms with Gasteiger partial charge in [-0.1, -0.05) is 64.9 Å². The van der Waals surface area contributed by atoms with Crippen LogP contribution >= 0.6 is 0 Å². The molecule has 37 heavy (non-hydrogen) atoms. The van der Waals surface area contributed by atoms with Crippen LogP contribution in [0.2, 0.25) is 0 Å². The van der Waals surface area contributed by atoms with Gasteiger partial charge in [0.25, 0.3) is 5.91 Å². The zero-order valence-corrected chi connectivity index (χ0v) is 22.8. The normalized spacial score (nSPS) is 14.9. The molecular formula is C29H43N3O5. The van der Waals surface area contributed by atoms with Gasteiger partial charge in [-0.2, -0.15) is 5.10 Å². The van der Waals surface area contributed by atoms with Crippen molar-refractivity contribution in [3.63, 3.8) is 0 Å². The zero-order valence-electron chi connectivity index (χ0n) is 22.8.